The number of nitrogens with zero attached hydrogens (tertiary/aromatic N) is 1. The number of hydrogen-bond donors (Lipinski definition) is 2. The number of nitro benzene ring substituents is 1. The number of para-hydroxylation sites is 1. The highest BCUT2D eigenvalue weighted by molar-refractivity contribution is 6.33. The van der Waals surface area contributed by atoms with E-state index in [9.17, 15) is 10.1 Å². The van der Waals surface area contributed by atoms with Gasteiger partial charge in [0, 0.05) is 12.1 Å². The van der Waals surface area contributed by atoms with Crippen LogP contribution >= 0.6 is 11.6 Å². The SMILES string of the molecule is O=[N+]([O-])c1cccc(Cl)c1NC1CCCNCC1. The Morgan fingerprint density at radius 1 is 1.39 bits per heavy atom. The first-order valence-electron chi connectivity index (χ1n) is 6.08. The number of nitrogens with one attached hydrogen (secondary N) is 2. The third-order valence-corrected chi connectivity index (χ3v) is 3.43. The van der Waals surface area contributed by atoms with Crippen LogP contribution in [0.25, 0.3) is 0 Å². The van der Waals surface area contributed by atoms with Crippen molar-refractivity contribution >= 4 is 23.0 Å². The summed E-state index contributed by atoms with van der Waals surface area (Å²) in [4.78, 5) is 10.6. The normalized spacial score (nSPS) is 20.2. The van der Waals surface area contributed by atoms with Crippen LogP contribution in [0.3, 0.4) is 0 Å². The molecule has 0 radical (unpaired) electrons. The van der Waals surface area contributed by atoms with E-state index >= 15 is 0 Å². The van der Waals surface area contributed by atoms with Crippen LogP contribution in [0.15, 0.2) is 18.2 Å². The van der Waals surface area contributed by atoms with Gasteiger partial charge in [-0.3, -0.25) is 10.1 Å². The number of rotatable bonds is 3. The van der Waals surface area contributed by atoms with Crippen molar-refractivity contribution in [2.24, 2.45) is 0 Å². The second-order valence-corrected chi connectivity index (χ2v) is 4.82. The monoisotopic (exact) mass is 269 g/mol. The Bertz CT molecular complexity index is 431. The highest BCUT2D eigenvalue weighted by Gasteiger charge is 2.20. The Morgan fingerprint density at radius 2 is 2.22 bits per heavy atom. The van der Waals surface area contributed by atoms with Gasteiger partial charge in [0.05, 0.1) is 9.95 Å². The fourth-order valence-corrected chi connectivity index (χ4v) is 2.40. The van der Waals surface area contributed by atoms with Gasteiger partial charge in [0.1, 0.15) is 5.69 Å². The van der Waals surface area contributed by atoms with Crippen LogP contribution in [-0.4, -0.2) is 24.1 Å². The molecule has 18 heavy (non-hydrogen) atoms. The summed E-state index contributed by atoms with van der Waals surface area (Å²) < 4.78 is 0. The van der Waals surface area contributed by atoms with Gasteiger partial charge in [0.15, 0.2) is 0 Å². The maximum absolute atomic E-state index is 11.0. The van der Waals surface area contributed by atoms with Gasteiger partial charge >= 0.3 is 0 Å². The highest BCUT2D eigenvalue weighted by Crippen LogP contribution is 2.33. The second-order valence-electron chi connectivity index (χ2n) is 4.41. The van der Waals surface area contributed by atoms with Gasteiger partial charge in [-0.05, 0) is 38.4 Å². The highest BCUT2D eigenvalue weighted by atomic mass is 35.5. The molecule has 1 saturated heterocycles. The standard InChI is InChI=1S/C12H16ClN3O2/c13-10-4-1-5-11(16(17)18)12(10)15-9-3-2-7-14-8-6-9/h1,4-5,9,14-15H,2-3,6-8H2. The smallest absolute Gasteiger partial charge is 0.293 e. The van der Waals surface area contributed by atoms with Crippen LogP contribution in [0.4, 0.5) is 11.4 Å². The molecule has 0 bridgehead atoms. The Labute approximate surface area is 111 Å². The molecule has 2 N–H and O–H groups in total. The Balaban J connectivity index is 2.19. The molecular formula is C12H16ClN3O2. The van der Waals surface area contributed by atoms with Gasteiger partial charge in [-0.15, -0.1) is 0 Å². The summed E-state index contributed by atoms with van der Waals surface area (Å²) in [7, 11) is 0. The number of hydrogen-bond acceptors (Lipinski definition) is 4. The molecule has 0 aliphatic carbocycles. The van der Waals surface area contributed by atoms with Gasteiger partial charge in [0.25, 0.3) is 5.69 Å². The maximum atomic E-state index is 11.0. The Hall–Kier alpha value is -1.33. The second kappa shape index (κ2) is 6.02. The average molecular weight is 270 g/mol. The first-order chi connectivity index (χ1) is 8.68. The molecule has 1 fully saturated rings. The third-order valence-electron chi connectivity index (χ3n) is 3.11. The van der Waals surface area contributed by atoms with E-state index in [1.54, 1.807) is 12.1 Å². The van der Waals surface area contributed by atoms with E-state index in [1.165, 1.54) is 6.07 Å². The van der Waals surface area contributed by atoms with Gasteiger partial charge in [0.2, 0.25) is 0 Å². The van der Waals surface area contributed by atoms with Gasteiger partial charge in [-0.1, -0.05) is 17.7 Å². The fraction of sp³-hybridized carbons (Fsp3) is 0.500. The predicted octanol–water partition coefficient (Wildman–Crippen LogP) is 2.80. The quantitative estimate of drug-likeness (QED) is 0.654. The Morgan fingerprint density at radius 3 is 3.00 bits per heavy atom. The number of benzene rings is 1. The van der Waals surface area contributed by atoms with Gasteiger partial charge in [-0.2, -0.15) is 0 Å². The zero-order valence-corrected chi connectivity index (χ0v) is 10.7. The molecule has 1 aromatic rings. The van der Waals surface area contributed by atoms with Crippen molar-refractivity contribution in [1.29, 1.82) is 0 Å². The summed E-state index contributed by atoms with van der Waals surface area (Å²) in [5, 5.41) is 17.9. The fourth-order valence-electron chi connectivity index (χ4n) is 2.18. The molecule has 1 unspecified atom stereocenters. The molecule has 1 aliphatic rings. The van der Waals surface area contributed by atoms with E-state index in [2.05, 4.69) is 10.6 Å². The summed E-state index contributed by atoms with van der Waals surface area (Å²) in [6, 6.07) is 4.98. The van der Waals surface area contributed by atoms with Crippen LogP contribution in [0.2, 0.25) is 5.02 Å². The van der Waals surface area contributed by atoms with Crippen molar-refractivity contribution in [2.75, 3.05) is 18.4 Å². The molecule has 0 aromatic heterocycles. The van der Waals surface area contributed by atoms with E-state index < -0.39 is 4.92 Å². The number of nitro groups is 1. The average Bonchev–Trinajstić information content (AvgIpc) is 2.60. The van der Waals surface area contributed by atoms with Crippen molar-refractivity contribution < 1.29 is 4.92 Å². The minimum atomic E-state index is -0.400. The largest absolute Gasteiger partial charge is 0.375 e. The predicted molar refractivity (Wildman–Crippen MR) is 72.2 cm³/mol. The van der Waals surface area contributed by atoms with Crippen LogP contribution in [0.1, 0.15) is 19.3 Å². The van der Waals surface area contributed by atoms with E-state index in [0.29, 0.717) is 10.7 Å². The van der Waals surface area contributed by atoms with Crippen molar-refractivity contribution in [2.45, 2.75) is 25.3 Å². The summed E-state index contributed by atoms with van der Waals surface area (Å²) in [5.74, 6) is 0. The zero-order chi connectivity index (χ0) is 13.0. The first-order valence-corrected chi connectivity index (χ1v) is 6.46. The van der Waals surface area contributed by atoms with Crippen molar-refractivity contribution in [3.63, 3.8) is 0 Å². The lowest BCUT2D eigenvalue weighted by atomic mass is 10.1. The number of halogens is 1. The molecule has 1 aliphatic heterocycles. The molecule has 6 heteroatoms. The molecule has 2 rings (SSSR count). The van der Waals surface area contributed by atoms with E-state index in [0.717, 1.165) is 32.4 Å². The maximum Gasteiger partial charge on any atom is 0.293 e. The topological polar surface area (TPSA) is 67.2 Å². The summed E-state index contributed by atoms with van der Waals surface area (Å²) >= 11 is 6.05. The molecule has 1 aromatic carbocycles. The lowest BCUT2D eigenvalue weighted by molar-refractivity contribution is -0.384. The van der Waals surface area contributed by atoms with E-state index in [4.69, 9.17) is 11.6 Å². The van der Waals surface area contributed by atoms with Crippen LogP contribution < -0.4 is 10.6 Å². The third kappa shape index (κ3) is 3.11. The summed E-state index contributed by atoms with van der Waals surface area (Å²) in [5.41, 5.74) is 0.482. The molecule has 5 nitrogen and oxygen atoms in total. The first kappa shape index (κ1) is 13.1. The van der Waals surface area contributed by atoms with Gasteiger partial charge < -0.3 is 10.6 Å². The molecule has 0 saturated carbocycles. The summed E-state index contributed by atoms with van der Waals surface area (Å²) in [6.45, 7) is 1.93. The van der Waals surface area contributed by atoms with Gasteiger partial charge in [-0.25, -0.2) is 0 Å². The molecule has 1 atom stereocenters. The van der Waals surface area contributed by atoms with Crippen LogP contribution in [0, 0.1) is 10.1 Å². The minimum absolute atomic E-state index is 0.0414. The number of anilines is 1. The van der Waals surface area contributed by atoms with Crippen LogP contribution in [-0.2, 0) is 0 Å². The van der Waals surface area contributed by atoms with Crippen LogP contribution in [0.5, 0.6) is 0 Å². The minimum Gasteiger partial charge on any atom is -0.375 e. The molecule has 98 valence electrons. The zero-order valence-electron chi connectivity index (χ0n) is 9.99. The summed E-state index contributed by atoms with van der Waals surface area (Å²) in [6.07, 6.45) is 3.01. The van der Waals surface area contributed by atoms with E-state index in [-0.39, 0.29) is 11.7 Å². The lowest BCUT2D eigenvalue weighted by Crippen LogP contribution is -2.22. The molecular weight excluding hydrogens is 254 g/mol. The van der Waals surface area contributed by atoms with E-state index in [1.807, 2.05) is 0 Å². The molecule has 1 heterocycles. The van der Waals surface area contributed by atoms with Crippen molar-refractivity contribution in [3.8, 4) is 0 Å². The Kier molecular flexibility index (Phi) is 4.38. The van der Waals surface area contributed by atoms with Crippen molar-refractivity contribution in [3.05, 3.63) is 33.3 Å². The lowest BCUT2D eigenvalue weighted by Gasteiger charge is -2.18. The molecule has 0 amide bonds. The molecule has 0 spiro atoms. The van der Waals surface area contributed by atoms with Crippen molar-refractivity contribution in [1.82, 2.24) is 5.32 Å².